The first kappa shape index (κ1) is 19.9. The summed E-state index contributed by atoms with van der Waals surface area (Å²) in [6.45, 7) is 7.20. The van der Waals surface area contributed by atoms with E-state index in [2.05, 4.69) is 4.57 Å². The fraction of sp³-hybridized carbons (Fsp3) is 0.364. The van der Waals surface area contributed by atoms with Crippen LogP contribution in [0, 0.1) is 20.8 Å². The van der Waals surface area contributed by atoms with E-state index in [1.807, 2.05) is 32.9 Å². The second-order valence-corrected chi connectivity index (χ2v) is 6.90. The number of methoxy groups -OCH3 is 1. The molecule has 0 saturated heterocycles. The third kappa shape index (κ3) is 4.17. The summed E-state index contributed by atoms with van der Waals surface area (Å²) in [5, 5.41) is 0.845. The van der Waals surface area contributed by atoms with E-state index >= 15 is 0 Å². The van der Waals surface area contributed by atoms with Gasteiger partial charge in [0.15, 0.2) is 6.61 Å². The molecule has 0 fully saturated rings. The van der Waals surface area contributed by atoms with E-state index in [0.29, 0.717) is 23.5 Å². The molecule has 3 aromatic rings. The van der Waals surface area contributed by atoms with Gasteiger partial charge >= 0.3 is 5.63 Å². The first-order valence-corrected chi connectivity index (χ1v) is 9.27. The summed E-state index contributed by atoms with van der Waals surface area (Å²) in [4.78, 5) is 24.2. The summed E-state index contributed by atoms with van der Waals surface area (Å²) in [5.41, 5.74) is 3.53. The van der Waals surface area contributed by atoms with Crippen LogP contribution in [-0.2, 0) is 11.3 Å². The Kier molecular flexibility index (Phi) is 5.99. The number of aromatic nitrogens is 1. The predicted molar refractivity (Wildman–Crippen MR) is 107 cm³/mol. The van der Waals surface area contributed by atoms with Gasteiger partial charge in [-0.2, -0.15) is 0 Å². The minimum absolute atomic E-state index is 0.0794. The predicted octanol–water partition coefficient (Wildman–Crippen LogP) is 3.82. The number of hydrogen-bond donors (Lipinski definition) is 0. The Hall–Kier alpha value is -2.86. The van der Waals surface area contributed by atoms with Gasteiger partial charge in [-0.3, -0.25) is 4.79 Å². The van der Waals surface area contributed by atoms with Crippen LogP contribution in [0.25, 0.3) is 11.0 Å². The highest BCUT2D eigenvalue weighted by molar-refractivity contribution is 5.98. The zero-order valence-corrected chi connectivity index (χ0v) is 16.7. The molecule has 6 nitrogen and oxygen atoms in total. The van der Waals surface area contributed by atoms with Gasteiger partial charge in [-0.1, -0.05) is 0 Å². The smallest absolute Gasteiger partial charge is 0.336 e. The van der Waals surface area contributed by atoms with Gasteiger partial charge in [-0.15, -0.1) is 0 Å². The molecule has 0 radical (unpaired) electrons. The van der Waals surface area contributed by atoms with Crippen molar-refractivity contribution in [3.8, 4) is 5.75 Å². The van der Waals surface area contributed by atoms with E-state index in [4.69, 9.17) is 13.9 Å². The van der Waals surface area contributed by atoms with Gasteiger partial charge in [0.2, 0.25) is 5.78 Å². The van der Waals surface area contributed by atoms with Gasteiger partial charge in [0.1, 0.15) is 11.3 Å². The highest BCUT2D eigenvalue weighted by atomic mass is 16.5. The summed E-state index contributed by atoms with van der Waals surface area (Å²) in [7, 11) is 1.68. The monoisotopic (exact) mass is 383 g/mol. The second-order valence-electron chi connectivity index (χ2n) is 6.90. The van der Waals surface area contributed by atoms with Crippen molar-refractivity contribution in [1.82, 2.24) is 4.57 Å². The Balaban J connectivity index is 1.73. The van der Waals surface area contributed by atoms with Crippen molar-refractivity contribution < 1.29 is 18.7 Å². The van der Waals surface area contributed by atoms with Crippen LogP contribution in [0.2, 0.25) is 0 Å². The topological polar surface area (TPSA) is 70.7 Å². The average Bonchev–Trinajstić information content (AvgIpc) is 2.94. The van der Waals surface area contributed by atoms with Gasteiger partial charge in [0.05, 0.1) is 0 Å². The van der Waals surface area contributed by atoms with E-state index in [9.17, 15) is 9.59 Å². The van der Waals surface area contributed by atoms with E-state index < -0.39 is 5.63 Å². The van der Waals surface area contributed by atoms with Crippen LogP contribution in [-0.4, -0.2) is 30.7 Å². The molecule has 2 heterocycles. The molecule has 148 valence electrons. The molecule has 0 N–H and O–H groups in total. The summed E-state index contributed by atoms with van der Waals surface area (Å²) in [6.07, 6.45) is 0.888. The highest BCUT2D eigenvalue weighted by Gasteiger charge is 2.16. The molecule has 0 aliphatic heterocycles. The fourth-order valence-corrected chi connectivity index (χ4v) is 3.42. The number of ether oxygens (including phenoxy) is 2. The molecule has 2 aromatic heterocycles. The Bertz CT molecular complexity index is 1060. The van der Waals surface area contributed by atoms with Gasteiger partial charge in [0, 0.05) is 54.7 Å². The number of fused-ring (bicyclic) bond motifs is 1. The lowest BCUT2D eigenvalue weighted by Gasteiger charge is -2.10. The van der Waals surface area contributed by atoms with Crippen LogP contribution < -0.4 is 10.4 Å². The van der Waals surface area contributed by atoms with E-state index in [1.54, 1.807) is 19.2 Å². The molecular formula is C22H25NO5. The molecule has 6 heteroatoms. The van der Waals surface area contributed by atoms with Crippen molar-refractivity contribution in [2.75, 3.05) is 20.3 Å². The lowest BCUT2D eigenvalue weighted by Crippen LogP contribution is -2.13. The number of aryl methyl sites for hydroxylation is 2. The molecule has 0 atom stereocenters. The lowest BCUT2D eigenvalue weighted by molar-refractivity contribution is 0.0920. The second kappa shape index (κ2) is 8.44. The zero-order chi connectivity index (χ0) is 20.3. The average molecular weight is 383 g/mol. The highest BCUT2D eigenvalue weighted by Crippen LogP contribution is 2.23. The van der Waals surface area contributed by atoms with Gasteiger partial charge in [-0.05, 0) is 51.0 Å². The number of carbonyl (C=O) groups excluding carboxylic acids is 1. The Morgan fingerprint density at radius 1 is 1.14 bits per heavy atom. The molecule has 0 aliphatic rings. The number of nitrogens with zero attached hydrogens (tertiary/aromatic N) is 1. The van der Waals surface area contributed by atoms with E-state index in [0.717, 1.165) is 35.3 Å². The summed E-state index contributed by atoms with van der Waals surface area (Å²) in [6, 6.07) is 8.60. The van der Waals surface area contributed by atoms with Crippen molar-refractivity contribution in [2.45, 2.75) is 33.7 Å². The summed E-state index contributed by atoms with van der Waals surface area (Å²) >= 11 is 0. The number of hydrogen-bond acceptors (Lipinski definition) is 5. The minimum Gasteiger partial charge on any atom is -0.485 e. The maximum atomic E-state index is 12.7. The van der Waals surface area contributed by atoms with Crippen LogP contribution in [0.4, 0.5) is 0 Å². The Morgan fingerprint density at radius 3 is 2.68 bits per heavy atom. The van der Waals surface area contributed by atoms with Gasteiger partial charge in [-0.25, -0.2) is 4.79 Å². The molecular weight excluding hydrogens is 358 g/mol. The van der Waals surface area contributed by atoms with Crippen LogP contribution >= 0.6 is 0 Å². The molecule has 0 bridgehead atoms. The van der Waals surface area contributed by atoms with Gasteiger partial charge < -0.3 is 18.5 Å². The van der Waals surface area contributed by atoms with Crippen LogP contribution in [0.5, 0.6) is 5.75 Å². The Morgan fingerprint density at radius 2 is 1.93 bits per heavy atom. The third-order valence-electron chi connectivity index (χ3n) is 4.90. The van der Waals surface area contributed by atoms with Crippen LogP contribution in [0.15, 0.2) is 39.5 Å². The standard InChI is InChI=1S/C22H25NO5/c1-14-10-22(25)28-21-12-17(6-7-18(14)21)27-13-20(24)19-11-15(2)23(16(19)3)8-5-9-26-4/h6-7,10-12H,5,8-9,13H2,1-4H3. The summed E-state index contributed by atoms with van der Waals surface area (Å²) < 4.78 is 18.1. The minimum atomic E-state index is -0.404. The van der Waals surface area contributed by atoms with Gasteiger partial charge in [0.25, 0.3) is 0 Å². The SMILES string of the molecule is COCCCn1c(C)cc(C(=O)COc2ccc3c(C)cc(=O)oc3c2)c1C. The maximum absolute atomic E-state index is 12.7. The van der Waals surface area contributed by atoms with Crippen molar-refractivity contribution in [2.24, 2.45) is 0 Å². The molecule has 0 aliphatic carbocycles. The largest absolute Gasteiger partial charge is 0.485 e. The van der Waals surface area contributed by atoms with Crippen molar-refractivity contribution in [3.63, 3.8) is 0 Å². The molecule has 0 unspecified atom stereocenters. The summed E-state index contributed by atoms with van der Waals surface area (Å²) in [5.74, 6) is 0.403. The van der Waals surface area contributed by atoms with Crippen molar-refractivity contribution >= 4 is 16.8 Å². The molecule has 0 amide bonds. The number of ketones is 1. The van der Waals surface area contributed by atoms with Crippen LogP contribution in [0.1, 0.15) is 33.7 Å². The number of benzene rings is 1. The van der Waals surface area contributed by atoms with Crippen molar-refractivity contribution in [1.29, 1.82) is 0 Å². The first-order chi connectivity index (χ1) is 13.4. The van der Waals surface area contributed by atoms with Crippen LogP contribution in [0.3, 0.4) is 0 Å². The molecule has 3 rings (SSSR count). The first-order valence-electron chi connectivity index (χ1n) is 9.27. The number of carbonyl (C=O) groups is 1. The molecule has 1 aromatic carbocycles. The van der Waals surface area contributed by atoms with Crippen molar-refractivity contribution in [3.05, 3.63) is 63.3 Å². The normalized spacial score (nSPS) is 11.1. The zero-order valence-electron chi connectivity index (χ0n) is 16.7. The maximum Gasteiger partial charge on any atom is 0.336 e. The molecule has 0 spiro atoms. The Labute approximate surface area is 163 Å². The molecule has 28 heavy (non-hydrogen) atoms. The number of Topliss-reactive ketones (excluding diaryl/α,β-unsaturated/α-hetero) is 1. The lowest BCUT2D eigenvalue weighted by atomic mass is 10.1. The fourth-order valence-electron chi connectivity index (χ4n) is 3.42. The van der Waals surface area contributed by atoms with E-state index in [-0.39, 0.29) is 12.4 Å². The third-order valence-corrected chi connectivity index (χ3v) is 4.90. The van der Waals surface area contributed by atoms with E-state index in [1.165, 1.54) is 6.07 Å². The number of rotatable bonds is 8. The molecule has 0 saturated carbocycles. The quantitative estimate of drug-likeness (QED) is 0.336.